The van der Waals surface area contributed by atoms with Gasteiger partial charge in [-0.15, -0.1) is 12.4 Å². The number of nitrogens with one attached hydrogen (secondary N) is 1. The van der Waals surface area contributed by atoms with E-state index in [1.165, 1.54) is 0 Å². The Hall–Kier alpha value is -0.580. The van der Waals surface area contributed by atoms with Crippen LogP contribution in [-0.4, -0.2) is 18.0 Å². The molecule has 0 aliphatic heterocycles. The number of aryl methyl sites for hydroxylation is 1. The van der Waals surface area contributed by atoms with Gasteiger partial charge in [0, 0.05) is 22.1 Å². The maximum Gasteiger partial charge on any atom is 0.252 e. The summed E-state index contributed by atoms with van der Waals surface area (Å²) in [5.41, 5.74) is 6.82. The van der Waals surface area contributed by atoms with E-state index < -0.39 is 0 Å². The summed E-state index contributed by atoms with van der Waals surface area (Å²) in [4.78, 5) is 12.0. The van der Waals surface area contributed by atoms with Crippen LogP contribution < -0.4 is 11.1 Å². The zero-order valence-electron chi connectivity index (χ0n) is 10.2. The normalized spacial score (nSPS) is 10.6. The summed E-state index contributed by atoms with van der Waals surface area (Å²) in [6, 6.07) is 5.59. The van der Waals surface area contributed by atoms with Gasteiger partial charge in [0.15, 0.2) is 0 Å². The molecule has 0 aliphatic carbocycles. The van der Waals surface area contributed by atoms with Crippen LogP contribution in [0.4, 0.5) is 0 Å². The van der Waals surface area contributed by atoms with Crippen molar-refractivity contribution in [1.82, 2.24) is 5.32 Å². The molecule has 1 aromatic rings. The topological polar surface area (TPSA) is 55.1 Å². The molecule has 0 radical (unpaired) electrons. The number of rotatable bonds is 3. The van der Waals surface area contributed by atoms with Crippen LogP contribution in [0, 0.1) is 6.92 Å². The predicted octanol–water partition coefficient (Wildman–Crippen LogP) is 2.65. The predicted molar refractivity (Wildman–Crippen MR) is 76.7 cm³/mol. The summed E-state index contributed by atoms with van der Waals surface area (Å²) >= 11 is 3.37. The van der Waals surface area contributed by atoms with Crippen molar-refractivity contribution >= 4 is 34.2 Å². The fourth-order valence-corrected chi connectivity index (χ4v) is 1.78. The molecule has 0 atom stereocenters. The van der Waals surface area contributed by atoms with Crippen LogP contribution in [0.25, 0.3) is 0 Å². The van der Waals surface area contributed by atoms with Crippen LogP contribution in [0.5, 0.6) is 0 Å². The summed E-state index contributed by atoms with van der Waals surface area (Å²) in [7, 11) is 0. The van der Waals surface area contributed by atoms with E-state index in [2.05, 4.69) is 21.2 Å². The summed E-state index contributed by atoms with van der Waals surface area (Å²) < 4.78 is 0.972. The molecular weight excluding hydrogens is 304 g/mol. The third-order valence-electron chi connectivity index (χ3n) is 2.40. The lowest BCUT2D eigenvalue weighted by Crippen LogP contribution is -2.49. The van der Waals surface area contributed by atoms with Gasteiger partial charge < -0.3 is 11.1 Å². The highest BCUT2D eigenvalue weighted by atomic mass is 79.9. The van der Waals surface area contributed by atoms with E-state index in [9.17, 15) is 4.79 Å². The molecule has 0 saturated heterocycles. The lowest BCUT2D eigenvalue weighted by Gasteiger charge is -2.24. The Labute approximate surface area is 117 Å². The second kappa shape index (κ2) is 6.38. The van der Waals surface area contributed by atoms with Crippen molar-refractivity contribution in [3.05, 3.63) is 33.8 Å². The van der Waals surface area contributed by atoms with E-state index >= 15 is 0 Å². The Morgan fingerprint density at radius 1 is 1.47 bits per heavy atom. The lowest BCUT2D eigenvalue weighted by atomic mass is 10.0. The molecule has 0 bridgehead atoms. The summed E-state index contributed by atoms with van der Waals surface area (Å²) in [5, 5.41) is 2.90. The van der Waals surface area contributed by atoms with Crippen molar-refractivity contribution in [2.24, 2.45) is 5.73 Å². The van der Waals surface area contributed by atoms with Crippen molar-refractivity contribution in [2.75, 3.05) is 6.54 Å². The Morgan fingerprint density at radius 2 is 2.06 bits per heavy atom. The van der Waals surface area contributed by atoms with Crippen LogP contribution in [0.1, 0.15) is 29.8 Å². The molecule has 0 aliphatic rings. The number of benzene rings is 1. The minimum absolute atomic E-state index is 0. The van der Waals surface area contributed by atoms with Crippen LogP contribution in [0.2, 0.25) is 0 Å². The third kappa shape index (κ3) is 4.66. The molecule has 1 rings (SSSR count). The van der Waals surface area contributed by atoms with Crippen molar-refractivity contribution in [1.29, 1.82) is 0 Å². The van der Waals surface area contributed by atoms with E-state index in [1.807, 2.05) is 32.9 Å². The van der Waals surface area contributed by atoms with Gasteiger partial charge in [-0.1, -0.05) is 15.9 Å². The molecule has 0 spiro atoms. The Bertz CT molecular complexity index is 407. The first-order valence-corrected chi connectivity index (χ1v) is 5.94. The summed E-state index contributed by atoms with van der Waals surface area (Å²) in [5.74, 6) is -0.0829. The lowest BCUT2D eigenvalue weighted by molar-refractivity contribution is 0.0915. The molecule has 1 aromatic carbocycles. The number of hydrogen-bond acceptors (Lipinski definition) is 2. The molecule has 0 fully saturated rings. The zero-order chi connectivity index (χ0) is 12.3. The molecular formula is C12H18BrClN2O. The molecule has 17 heavy (non-hydrogen) atoms. The third-order valence-corrected chi connectivity index (χ3v) is 2.89. The monoisotopic (exact) mass is 320 g/mol. The molecule has 0 saturated carbocycles. The minimum atomic E-state index is -0.378. The number of amides is 1. The highest BCUT2D eigenvalue weighted by Crippen LogP contribution is 2.16. The highest BCUT2D eigenvalue weighted by Gasteiger charge is 2.20. The van der Waals surface area contributed by atoms with E-state index in [1.54, 1.807) is 6.07 Å². The van der Waals surface area contributed by atoms with Gasteiger partial charge in [0.2, 0.25) is 0 Å². The van der Waals surface area contributed by atoms with Crippen LogP contribution >= 0.6 is 28.3 Å². The number of nitrogens with two attached hydrogens (primary N) is 1. The van der Waals surface area contributed by atoms with Gasteiger partial charge in [0.25, 0.3) is 5.91 Å². The average molecular weight is 322 g/mol. The molecule has 0 aromatic heterocycles. The van der Waals surface area contributed by atoms with Gasteiger partial charge in [0.1, 0.15) is 0 Å². The molecule has 96 valence electrons. The SMILES string of the molecule is Cc1cc(Br)ccc1C(=O)NC(C)(C)CN.Cl. The second-order valence-corrected chi connectivity index (χ2v) is 5.42. The molecule has 1 amide bonds. The van der Waals surface area contributed by atoms with Crippen LogP contribution in [-0.2, 0) is 0 Å². The second-order valence-electron chi connectivity index (χ2n) is 4.50. The fourth-order valence-electron chi connectivity index (χ4n) is 1.31. The average Bonchev–Trinajstić information content (AvgIpc) is 2.16. The van der Waals surface area contributed by atoms with Crippen molar-refractivity contribution in [2.45, 2.75) is 26.3 Å². The number of carbonyl (C=O) groups excluding carboxylic acids is 1. The number of hydrogen-bond donors (Lipinski definition) is 2. The summed E-state index contributed by atoms with van der Waals surface area (Å²) in [6.45, 7) is 6.13. The molecule has 3 N–H and O–H groups in total. The van der Waals surface area contributed by atoms with Crippen LogP contribution in [0.15, 0.2) is 22.7 Å². The van der Waals surface area contributed by atoms with E-state index in [-0.39, 0.29) is 23.9 Å². The van der Waals surface area contributed by atoms with Gasteiger partial charge >= 0.3 is 0 Å². The van der Waals surface area contributed by atoms with E-state index in [0.29, 0.717) is 12.1 Å². The quantitative estimate of drug-likeness (QED) is 0.899. The van der Waals surface area contributed by atoms with Gasteiger partial charge in [0.05, 0.1) is 0 Å². The standard InChI is InChI=1S/C12H17BrN2O.ClH/c1-8-6-9(13)4-5-10(8)11(16)15-12(2,3)7-14;/h4-6H,7,14H2,1-3H3,(H,15,16);1H. The minimum Gasteiger partial charge on any atom is -0.346 e. The zero-order valence-corrected chi connectivity index (χ0v) is 12.6. The maximum atomic E-state index is 12.0. The molecule has 3 nitrogen and oxygen atoms in total. The van der Waals surface area contributed by atoms with Gasteiger partial charge in [-0.25, -0.2) is 0 Å². The maximum absolute atomic E-state index is 12.0. The molecule has 5 heteroatoms. The highest BCUT2D eigenvalue weighted by molar-refractivity contribution is 9.10. The Balaban J connectivity index is 0.00000256. The largest absolute Gasteiger partial charge is 0.346 e. The number of carbonyl (C=O) groups is 1. The van der Waals surface area contributed by atoms with E-state index in [4.69, 9.17) is 5.73 Å². The Morgan fingerprint density at radius 3 is 2.53 bits per heavy atom. The van der Waals surface area contributed by atoms with E-state index in [0.717, 1.165) is 10.0 Å². The van der Waals surface area contributed by atoms with Crippen LogP contribution in [0.3, 0.4) is 0 Å². The van der Waals surface area contributed by atoms with Crippen molar-refractivity contribution in [3.63, 3.8) is 0 Å². The van der Waals surface area contributed by atoms with Gasteiger partial charge in [-0.3, -0.25) is 4.79 Å². The first-order valence-electron chi connectivity index (χ1n) is 5.14. The van der Waals surface area contributed by atoms with Gasteiger partial charge in [-0.05, 0) is 44.5 Å². The summed E-state index contributed by atoms with van der Waals surface area (Å²) in [6.07, 6.45) is 0. The van der Waals surface area contributed by atoms with Gasteiger partial charge in [-0.2, -0.15) is 0 Å². The van der Waals surface area contributed by atoms with Crippen molar-refractivity contribution < 1.29 is 4.79 Å². The molecule has 0 heterocycles. The molecule has 0 unspecified atom stereocenters. The Kier molecular flexibility index (Phi) is 6.16. The van der Waals surface area contributed by atoms with Crippen molar-refractivity contribution in [3.8, 4) is 0 Å². The first kappa shape index (κ1) is 16.4. The fraction of sp³-hybridized carbons (Fsp3) is 0.417. The smallest absolute Gasteiger partial charge is 0.252 e. The first-order chi connectivity index (χ1) is 7.35. The number of halogens is 2.